The van der Waals surface area contributed by atoms with Crippen LogP contribution < -0.4 is 5.32 Å². The second kappa shape index (κ2) is 6.26. The van der Waals surface area contributed by atoms with E-state index in [1.54, 1.807) is 12.1 Å². The van der Waals surface area contributed by atoms with Crippen molar-refractivity contribution >= 4 is 32.2 Å². The van der Waals surface area contributed by atoms with Crippen molar-refractivity contribution in [3.8, 4) is 0 Å². The summed E-state index contributed by atoms with van der Waals surface area (Å²) in [5.41, 5.74) is 3.20. The normalized spacial score (nSPS) is 11.8. The molecule has 0 amide bonds. The van der Waals surface area contributed by atoms with Crippen molar-refractivity contribution in [1.29, 1.82) is 0 Å². The van der Waals surface area contributed by atoms with E-state index in [9.17, 15) is 8.42 Å². The number of nitrogens with zero attached hydrogens (tertiary/aromatic N) is 1. The Balaban J connectivity index is 1.94. The third kappa shape index (κ3) is 3.27. The van der Waals surface area contributed by atoms with Crippen molar-refractivity contribution < 1.29 is 8.42 Å². The molecule has 0 heterocycles. The zero-order valence-electron chi connectivity index (χ0n) is 13.9. The van der Waals surface area contributed by atoms with Crippen LogP contribution in [-0.2, 0) is 10.0 Å². The number of sulfonamides is 1. The van der Waals surface area contributed by atoms with Crippen LogP contribution in [0.25, 0.3) is 10.8 Å². The van der Waals surface area contributed by atoms with Gasteiger partial charge in [0.05, 0.1) is 4.90 Å². The monoisotopic (exact) mass is 340 g/mol. The minimum atomic E-state index is -3.41. The Morgan fingerprint density at radius 3 is 2.04 bits per heavy atom. The molecule has 124 valence electrons. The minimum absolute atomic E-state index is 0.305. The average molecular weight is 340 g/mol. The molecule has 3 rings (SSSR count). The number of anilines is 2. The fourth-order valence-corrected chi connectivity index (χ4v) is 3.41. The third-order valence-corrected chi connectivity index (χ3v) is 5.74. The second-order valence-corrected chi connectivity index (χ2v) is 8.15. The van der Waals surface area contributed by atoms with Gasteiger partial charge in [0.1, 0.15) is 0 Å². The van der Waals surface area contributed by atoms with E-state index in [0.717, 1.165) is 22.1 Å². The predicted octanol–water partition coefficient (Wildman–Crippen LogP) is 4.14. The molecule has 0 saturated carbocycles. The number of aryl methyl sites for hydroxylation is 1. The van der Waals surface area contributed by atoms with Crippen LogP contribution in [0.3, 0.4) is 0 Å². The van der Waals surface area contributed by atoms with E-state index in [2.05, 4.69) is 24.4 Å². The van der Waals surface area contributed by atoms with E-state index in [1.807, 2.05) is 36.4 Å². The summed E-state index contributed by atoms with van der Waals surface area (Å²) in [6.45, 7) is 2.05. The molecule has 3 aromatic rings. The van der Waals surface area contributed by atoms with Gasteiger partial charge >= 0.3 is 0 Å². The van der Waals surface area contributed by atoms with Crippen LogP contribution in [0.5, 0.6) is 0 Å². The zero-order chi connectivity index (χ0) is 17.3. The number of fused-ring (bicyclic) bond motifs is 1. The summed E-state index contributed by atoms with van der Waals surface area (Å²) in [6, 6.07) is 19.3. The van der Waals surface area contributed by atoms with Crippen LogP contribution in [0.1, 0.15) is 5.56 Å². The summed E-state index contributed by atoms with van der Waals surface area (Å²) in [7, 11) is -0.342. The predicted molar refractivity (Wildman–Crippen MR) is 99.3 cm³/mol. The molecule has 0 radical (unpaired) electrons. The molecular formula is C19H20N2O2S. The molecule has 4 nitrogen and oxygen atoms in total. The smallest absolute Gasteiger partial charge is 0.242 e. The summed E-state index contributed by atoms with van der Waals surface area (Å²) in [5, 5.41) is 5.25. The lowest BCUT2D eigenvalue weighted by Crippen LogP contribution is -2.22. The number of rotatable bonds is 4. The zero-order valence-corrected chi connectivity index (χ0v) is 14.8. The number of hydrogen-bond acceptors (Lipinski definition) is 3. The van der Waals surface area contributed by atoms with Gasteiger partial charge in [-0.1, -0.05) is 29.8 Å². The lowest BCUT2D eigenvalue weighted by Gasteiger charge is -2.12. The maximum Gasteiger partial charge on any atom is 0.242 e. The SMILES string of the molecule is Cc1ccc(Nc2ccc3cc(S(=O)(=O)N(C)C)ccc3c2)cc1. The average Bonchev–Trinajstić information content (AvgIpc) is 2.56. The quantitative estimate of drug-likeness (QED) is 0.776. The van der Waals surface area contributed by atoms with Gasteiger partial charge in [0, 0.05) is 25.5 Å². The summed E-state index contributed by atoms with van der Waals surface area (Å²) in [6.07, 6.45) is 0. The highest BCUT2D eigenvalue weighted by molar-refractivity contribution is 7.89. The van der Waals surface area contributed by atoms with Crippen LogP contribution in [-0.4, -0.2) is 26.8 Å². The van der Waals surface area contributed by atoms with Crippen molar-refractivity contribution in [2.75, 3.05) is 19.4 Å². The van der Waals surface area contributed by atoms with Crippen molar-refractivity contribution in [3.63, 3.8) is 0 Å². The minimum Gasteiger partial charge on any atom is -0.356 e. The maximum absolute atomic E-state index is 12.2. The topological polar surface area (TPSA) is 49.4 Å². The van der Waals surface area contributed by atoms with Crippen molar-refractivity contribution in [3.05, 3.63) is 66.2 Å². The molecule has 0 saturated heterocycles. The Labute approximate surface area is 142 Å². The number of hydrogen-bond donors (Lipinski definition) is 1. The Morgan fingerprint density at radius 2 is 1.38 bits per heavy atom. The van der Waals surface area contributed by atoms with Crippen LogP contribution >= 0.6 is 0 Å². The Bertz CT molecular complexity index is 978. The first-order valence-corrected chi connectivity index (χ1v) is 9.10. The molecule has 0 aromatic heterocycles. The molecule has 0 bridgehead atoms. The molecule has 0 spiro atoms. The maximum atomic E-state index is 12.2. The summed E-state index contributed by atoms with van der Waals surface area (Å²) < 4.78 is 25.7. The third-order valence-electron chi connectivity index (χ3n) is 3.93. The molecule has 1 N–H and O–H groups in total. The van der Waals surface area contributed by atoms with Crippen LogP contribution in [0.2, 0.25) is 0 Å². The number of benzene rings is 3. The van der Waals surface area contributed by atoms with Crippen molar-refractivity contribution in [2.24, 2.45) is 0 Å². The Hall–Kier alpha value is -2.37. The summed E-state index contributed by atoms with van der Waals surface area (Å²) in [4.78, 5) is 0.305. The molecular weight excluding hydrogens is 320 g/mol. The second-order valence-electron chi connectivity index (χ2n) is 6.00. The van der Waals surface area contributed by atoms with Gasteiger partial charge in [-0.05, 0) is 54.1 Å². The van der Waals surface area contributed by atoms with Gasteiger partial charge in [-0.3, -0.25) is 0 Å². The molecule has 24 heavy (non-hydrogen) atoms. The van der Waals surface area contributed by atoms with Crippen molar-refractivity contribution in [1.82, 2.24) is 4.31 Å². The van der Waals surface area contributed by atoms with Crippen LogP contribution in [0, 0.1) is 6.92 Å². The molecule has 0 fully saturated rings. The van der Waals surface area contributed by atoms with Gasteiger partial charge in [0.15, 0.2) is 0 Å². The molecule has 0 unspecified atom stereocenters. The van der Waals surface area contributed by atoms with Gasteiger partial charge in [0.2, 0.25) is 10.0 Å². The van der Waals surface area contributed by atoms with Gasteiger partial charge < -0.3 is 5.32 Å². The van der Waals surface area contributed by atoms with E-state index in [4.69, 9.17) is 0 Å². The van der Waals surface area contributed by atoms with E-state index in [1.165, 1.54) is 24.0 Å². The van der Waals surface area contributed by atoms with Crippen LogP contribution in [0.15, 0.2) is 65.6 Å². The van der Waals surface area contributed by atoms with Gasteiger partial charge in [-0.25, -0.2) is 12.7 Å². The molecule has 0 aliphatic rings. The molecule has 0 aliphatic heterocycles. The Morgan fingerprint density at radius 1 is 0.792 bits per heavy atom. The van der Waals surface area contributed by atoms with Gasteiger partial charge in [0.25, 0.3) is 0 Å². The largest absolute Gasteiger partial charge is 0.356 e. The first-order chi connectivity index (χ1) is 11.4. The lowest BCUT2D eigenvalue weighted by atomic mass is 10.1. The van der Waals surface area contributed by atoms with E-state index < -0.39 is 10.0 Å². The van der Waals surface area contributed by atoms with E-state index in [-0.39, 0.29) is 0 Å². The first-order valence-electron chi connectivity index (χ1n) is 7.66. The highest BCUT2D eigenvalue weighted by atomic mass is 32.2. The van der Waals surface area contributed by atoms with Crippen LogP contribution in [0.4, 0.5) is 11.4 Å². The van der Waals surface area contributed by atoms with E-state index >= 15 is 0 Å². The van der Waals surface area contributed by atoms with Gasteiger partial charge in [-0.15, -0.1) is 0 Å². The highest BCUT2D eigenvalue weighted by Crippen LogP contribution is 2.25. The summed E-state index contributed by atoms with van der Waals surface area (Å²) in [5.74, 6) is 0. The van der Waals surface area contributed by atoms with Crippen molar-refractivity contribution in [2.45, 2.75) is 11.8 Å². The number of nitrogens with one attached hydrogen (secondary N) is 1. The fraction of sp³-hybridized carbons (Fsp3) is 0.158. The standard InChI is InChI=1S/C19H20N2O2S/c1-14-4-8-17(9-5-14)20-18-10-6-16-13-19(11-7-15(16)12-18)24(22,23)21(2)3/h4-13,20H,1-3H3. The fourth-order valence-electron chi connectivity index (χ4n) is 2.48. The molecule has 0 aliphatic carbocycles. The molecule has 0 atom stereocenters. The molecule has 5 heteroatoms. The van der Waals surface area contributed by atoms with E-state index in [0.29, 0.717) is 4.90 Å². The van der Waals surface area contributed by atoms with Gasteiger partial charge in [-0.2, -0.15) is 0 Å². The molecule has 3 aromatic carbocycles. The highest BCUT2D eigenvalue weighted by Gasteiger charge is 2.17. The lowest BCUT2D eigenvalue weighted by molar-refractivity contribution is 0.521. The Kier molecular flexibility index (Phi) is 4.30. The first kappa shape index (κ1) is 16.5. The summed E-state index contributed by atoms with van der Waals surface area (Å²) >= 11 is 0.